The van der Waals surface area contributed by atoms with Gasteiger partial charge in [-0.2, -0.15) is 0 Å². The van der Waals surface area contributed by atoms with Gasteiger partial charge in [0.05, 0.1) is 6.54 Å². The van der Waals surface area contributed by atoms with E-state index >= 15 is 0 Å². The quantitative estimate of drug-likeness (QED) is 0.774. The maximum atomic E-state index is 12.4. The zero-order valence-electron chi connectivity index (χ0n) is 16.2. The molecule has 1 amide bonds. The molecule has 0 spiro atoms. The molecule has 1 fully saturated rings. The van der Waals surface area contributed by atoms with E-state index in [2.05, 4.69) is 42.3 Å². The lowest BCUT2D eigenvalue weighted by atomic mass is 10.1. The number of hydrogen-bond donors (Lipinski definition) is 1. The van der Waals surface area contributed by atoms with Crippen LogP contribution in [0.1, 0.15) is 16.7 Å². The molecule has 0 aromatic heterocycles. The summed E-state index contributed by atoms with van der Waals surface area (Å²) in [5.74, 6) is 0.187. The Kier molecular flexibility index (Phi) is 6.75. The maximum Gasteiger partial charge on any atom is 0.236 e. The smallest absolute Gasteiger partial charge is 0.236 e. The highest BCUT2D eigenvalue weighted by Crippen LogP contribution is 2.23. The van der Waals surface area contributed by atoms with E-state index in [0.29, 0.717) is 6.54 Å². The molecular formula is C22H28ClN3O. The monoisotopic (exact) mass is 385 g/mol. The van der Waals surface area contributed by atoms with Crippen LogP contribution < -0.4 is 10.2 Å². The second-order valence-electron chi connectivity index (χ2n) is 7.14. The number of piperazine rings is 1. The van der Waals surface area contributed by atoms with Crippen LogP contribution in [0.3, 0.4) is 0 Å². The highest BCUT2D eigenvalue weighted by atomic mass is 35.5. The molecule has 2 aromatic carbocycles. The number of hydrogen-bond acceptors (Lipinski definition) is 3. The van der Waals surface area contributed by atoms with E-state index in [4.69, 9.17) is 11.6 Å². The summed E-state index contributed by atoms with van der Waals surface area (Å²) in [6.07, 6.45) is 0.894. The number of rotatable bonds is 6. The third-order valence-corrected chi connectivity index (χ3v) is 5.58. The van der Waals surface area contributed by atoms with Crippen molar-refractivity contribution in [1.29, 1.82) is 0 Å². The summed E-state index contributed by atoms with van der Waals surface area (Å²) >= 11 is 5.90. The normalized spacial score (nSPS) is 14.5. The molecule has 0 saturated carbocycles. The first-order valence-electron chi connectivity index (χ1n) is 9.58. The van der Waals surface area contributed by atoms with Crippen LogP contribution in [0.15, 0.2) is 42.5 Å². The average Bonchev–Trinajstić information content (AvgIpc) is 2.69. The molecule has 2 aromatic rings. The van der Waals surface area contributed by atoms with Gasteiger partial charge in [0.15, 0.2) is 0 Å². The first kappa shape index (κ1) is 19.7. The van der Waals surface area contributed by atoms with Crippen LogP contribution in [-0.2, 0) is 11.2 Å². The number of nitrogens with zero attached hydrogens (tertiary/aromatic N) is 2. The number of carbonyl (C=O) groups is 1. The Hall–Kier alpha value is -2.04. The van der Waals surface area contributed by atoms with Crippen molar-refractivity contribution in [1.82, 2.24) is 10.2 Å². The largest absolute Gasteiger partial charge is 0.368 e. The molecule has 1 N–H and O–H groups in total. The highest BCUT2D eigenvalue weighted by Gasteiger charge is 2.21. The highest BCUT2D eigenvalue weighted by molar-refractivity contribution is 6.30. The van der Waals surface area contributed by atoms with Gasteiger partial charge in [-0.05, 0) is 61.7 Å². The Morgan fingerprint density at radius 3 is 2.44 bits per heavy atom. The van der Waals surface area contributed by atoms with E-state index < -0.39 is 0 Å². The summed E-state index contributed by atoms with van der Waals surface area (Å²) in [7, 11) is 0. The minimum atomic E-state index is 0.187. The van der Waals surface area contributed by atoms with Crippen LogP contribution in [0.2, 0.25) is 5.02 Å². The van der Waals surface area contributed by atoms with E-state index in [1.165, 1.54) is 22.4 Å². The molecule has 1 heterocycles. The van der Waals surface area contributed by atoms with Crippen LogP contribution >= 0.6 is 11.6 Å². The van der Waals surface area contributed by atoms with E-state index in [-0.39, 0.29) is 5.91 Å². The Labute approximate surface area is 167 Å². The molecule has 1 aliphatic heterocycles. The van der Waals surface area contributed by atoms with Gasteiger partial charge >= 0.3 is 0 Å². The van der Waals surface area contributed by atoms with E-state index in [1.54, 1.807) is 0 Å². The molecule has 1 saturated heterocycles. The van der Waals surface area contributed by atoms with Crippen molar-refractivity contribution in [3.63, 3.8) is 0 Å². The third-order valence-electron chi connectivity index (χ3n) is 5.33. The van der Waals surface area contributed by atoms with E-state index in [9.17, 15) is 4.79 Å². The standard InChI is InChI=1S/C22H28ClN3O/c1-17-4-3-5-21(18(17)2)25-12-14-26(15-13-25)22(27)16-24-11-10-19-6-8-20(23)9-7-19/h3-9,24H,10-16H2,1-2H3. The summed E-state index contributed by atoms with van der Waals surface area (Å²) in [6.45, 7) is 8.85. The molecule has 27 heavy (non-hydrogen) atoms. The van der Waals surface area contributed by atoms with Crippen LogP contribution in [0.25, 0.3) is 0 Å². The molecule has 144 valence electrons. The van der Waals surface area contributed by atoms with Gasteiger partial charge in [-0.1, -0.05) is 35.9 Å². The number of aryl methyl sites for hydroxylation is 1. The molecule has 3 rings (SSSR count). The van der Waals surface area contributed by atoms with Crippen LogP contribution in [0.5, 0.6) is 0 Å². The second-order valence-corrected chi connectivity index (χ2v) is 7.58. The summed E-state index contributed by atoms with van der Waals surface area (Å²) in [5.41, 5.74) is 5.17. The minimum Gasteiger partial charge on any atom is -0.368 e. The van der Waals surface area contributed by atoms with Gasteiger partial charge in [-0.25, -0.2) is 0 Å². The summed E-state index contributed by atoms with van der Waals surface area (Å²) in [6, 6.07) is 14.3. The fourth-order valence-corrected chi connectivity index (χ4v) is 3.59. The molecule has 4 nitrogen and oxygen atoms in total. The van der Waals surface area contributed by atoms with Crippen LogP contribution in [-0.4, -0.2) is 50.1 Å². The molecule has 0 atom stereocenters. The van der Waals surface area contributed by atoms with Crippen molar-refractivity contribution in [3.05, 3.63) is 64.2 Å². The SMILES string of the molecule is Cc1cccc(N2CCN(C(=O)CNCCc3ccc(Cl)cc3)CC2)c1C. The lowest BCUT2D eigenvalue weighted by Crippen LogP contribution is -2.51. The molecule has 0 radical (unpaired) electrons. The van der Waals surface area contributed by atoms with Gasteiger partial charge in [-0.3, -0.25) is 4.79 Å². The topological polar surface area (TPSA) is 35.6 Å². The zero-order chi connectivity index (χ0) is 19.2. The molecule has 1 aliphatic rings. The summed E-state index contributed by atoms with van der Waals surface area (Å²) in [5, 5.41) is 4.02. The van der Waals surface area contributed by atoms with Crippen molar-refractivity contribution in [3.8, 4) is 0 Å². The fourth-order valence-electron chi connectivity index (χ4n) is 3.47. The molecule has 0 bridgehead atoms. The number of anilines is 1. The summed E-state index contributed by atoms with van der Waals surface area (Å²) < 4.78 is 0. The van der Waals surface area contributed by atoms with E-state index in [1.807, 2.05) is 29.2 Å². The third kappa shape index (κ3) is 5.24. The van der Waals surface area contributed by atoms with Gasteiger partial charge in [0.2, 0.25) is 5.91 Å². The number of nitrogens with one attached hydrogen (secondary N) is 1. The predicted molar refractivity (Wildman–Crippen MR) is 113 cm³/mol. The van der Waals surface area contributed by atoms with Gasteiger partial charge in [0.1, 0.15) is 0 Å². The Morgan fingerprint density at radius 2 is 1.74 bits per heavy atom. The average molecular weight is 386 g/mol. The first-order valence-corrected chi connectivity index (χ1v) is 9.96. The number of carbonyl (C=O) groups excluding carboxylic acids is 1. The van der Waals surface area contributed by atoms with E-state index in [0.717, 1.165) is 44.2 Å². The number of amides is 1. The minimum absolute atomic E-state index is 0.187. The van der Waals surface area contributed by atoms with Crippen molar-refractivity contribution in [2.45, 2.75) is 20.3 Å². The number of benzene rings is 2. The van der Waals surface area contributed by atoms with Gasteiger partial charge in [0.25, 0.3) is 0 Å². The Morgan fingerprint density at radius 1 is 1.04 bits per heavy atom. The number of halogens is 1. The van der Waals surface area contributed by atoms with Crippen molar-refractivity contribution < 1.29 is 4.79 Å². The first-order chi connectivity index (χ1) is 13.0. The maximum absolute atomic E-state index is 12.4. The van der Waals surface area contributed by atoms with Gasteiger partial charge < -0.3 is 15.1 Å². The predicted octanol–water partition coefficient (Wildman–Crippen LogP) is 3.44. The fraction of sp³-hybridized carbons (Fsp3) is 0.409. The lowest BCUT2D eigenvalue weighted by Gasteiger charge is -2.37. The molecule has 0 unspecified atom stereocenters. The second kappa shape index (κ2) is 9.25. The van der Waals surface area contributed by atoms with Crippen molar-refractivity contribution in [2.24, 2.45) is 0 Å². The summed E-state index contributed by atoms with van der Waals surface area (Å²) in [4.78, 5) is 16.8. The Balaban J connectivity index is 1.40. The molecular weight excluding hydrogens is 358 g/mol. The van der Waals surface area contributed by atoms with Gasteiger partial charge in [0, 0.05) is 36.9 Å². The molecule has 5 heteroatoms. The van der Waals surface area contributed by atoms with Crippen molar-refractivity contribution in [2.75, 3.05) is 44.2 Å². The van der Waals surface area contributed by atoms with Crippen LogP contribution in [0.4, 0.5) is 5.69 Å². The lowest BCUT2D eigenvalue weighted by molar-refractivity contribution is -0.130. The van der Waals surface area contributed by atoms with Crippen molar-refractivity contribution >= 4 is 23.2 Å². The molecule has 0 aliphatic carbocycles. The van der Waals surface area contributed by atoms with Gasteiger partial charge in [-0.15, -0.1) is 0 Å². The Bertz CT molecular complexity index is 768. The zero-order valence-corrected chi connectivity index (χ0v) is 16.9. The van der Waals surface area contributed by atoms with Crippen LogP contribution in [0, 0.1) is 13.8 Å².